The summed E-state index contributed by atoms with van der Waals surface area (Å²) in [5, 5.41) is 11.0. The quantitative estimate of drug-likeness (QED) is 0.146. The third-order valence-corrected chi connectivity index (χ3v) is 9.53. The summed E-state index contributed by atoms with van der Waals surface area (Å²) in [4.78, 5) is 23.9. The predicted octanol–water partition coefficient (Wildman–Crippen LogP) is 7.02. The van der Waals surface area contributed by atoms with Gasteiger partial charge in [0.1, 0.15) is 5.75 Å². The van der Waals surface area contributed by atoms with Gasteiger partial charge in [-0.25, -0.2) is 0 Å². The zero-order valence-corrected chi connectivity index (χ0v) is 24.6. The first-order chi connectivity index (χ1) is 16.6. The van der Waals surface area contributed by atoms with E-state index in [0.29, 0.717) is 6.61 Å². The first kappa shape index (κ1) is 32.2. The molecular weight excluding hydrogens is 473 g/mol. The minimum atomic E-state index is -2.95. The Morgan fingerprint density at radius 3 is 1.89 bits per heavy atom. The van der Waals surface area contributed by atoms with Crippen molar-refractivity contribution in [3.63, 3.8) is 0 Å². The standard InChI is InChI=1S/C29H50NO5P/c1-8-9-10-11-12-13-16-35-26(32)15-18-36(34,17-14-25(30)31)21-22-19-23(28(2,3)4)27(33)24(20-22)29(5,6)7/h19-20,33H,8-18,21H2,1-7H3,(H2,30,31). The second-order valence-electron chi connectivity index (χ2n) is 12.2. The molecule has 0 heterocycles. The van der Waals surface area contributed by atoms with E-state index in [1.807, 2.05) is 53.7 Å². The van der Waals surface area contributed by atoms with E-state index in [2.05, 4.69) is 6.92 Å². The van der Waals surface area contributed by atoms with E-state index >= 15 is 0 Å². The highest BCUT2D eigenvalue weighted by molar-refractivity contribution is 7.63. The summed E-state index contributed by atoms with van der Waals surface area (Å²) >= 11 is 0. The monoisotopic (exact) mass is 523 g/mol. The summed E-state index contributed by atoms with van der Waals surface area (Å²) in [7, 11) is -2.95. The van der Waals surface area contributed by atoms with Crippen LogP contribution >= 0.6 is 7.14 Å². The Morgan fingerprint density at radius 1 is 0.889 bits per heavy atom. The number of primary amides is 1. The Bertz CT molecular complexity index is 876. The molecule has 1 aromatic carbocycles. The molecule has 0 aliphatic rings. The average molecular weight is 524 g/mol. The van der Waals surface area contributed by atoms with Crippen LogP contribution < -0.4 is 5.73 Å². The SMILES string of the molecule is CCCCCCCCOC(=O)CCP(=O)(CCC(N)=O)Cc1cc(C(C)(C)C)c(O)c(C(C)(C)C)c1. The molecule has 1 unspecified atom stereocenters. The van der Waals surface area contributed by atoms with Gasteiger partial charge in [0.25, 0.3) is 0 Å². The number of ether oxygens (including phenoxy) is 1. The number of benzene rings is 1. The van der Waals surface area contributed by atoms with Crippen LogP contribution in [0, 0.1) is 0 Å². The van der Waals surface area contributed by atoms with Gasteiger partial charge in [-0.2, -0.15) is 0 Å². The molecule has 1 rings (SSSR count). The highest BCUT2D eigenvalue weighted by Gasteiger charge is 2.30. The summed E-state index contributed by atoms with van der Waals surface area (Å²) in [5.41, 5.74) is 7.19. The fourth-order valence-corrected chi connectivity index (χ4v) is 6.89. The van der Waals surface area contributed by atoms with Crippen molar-refractivity contribution in [1.82, 2.24) is 0 Å². The summed E-state index contributed by atoms with van der Waals surface area (Å²) in [5.74, 6) is -0.583. The van der Waals surface area contributed by atoms with Crippen LogP contribution in [0.5, 0.6) is 5.75 Å². The lowest BCUT2D eigenvalue weighted by atomic mass is 9.78. The summed E-state index contributed by atoms with van der Waals surface area (Å²) < 4.78 is 19.4. The van der Waals surface area contributed by atoms with Crippen LogP contribution in [0.4, 0.5) is 0 Å². The van der Waals surface area contributed by atoms with Crippen molar-refractivity contribution in [3.8, 4) is 5.75 Å². The number of carbonyl (C=O) groups is 2. The zero-order chi connectivity index (χ0) is 27.6. The number of rotatable bonds is 15. The number of amides is 1. The Morgan fingerprint density at radius 2 is 1.39 bits per heavy atom. The summed E-state index contributed by atoms with van der Waals surface area (Å²) in [6, 6.07) is 3.83. The number of phenols is 1. The number of carbonyl (C=O) groups excluding carboxylic acids is 2. The molecule has 206 valence electrons. The molecule has 0 fully saturated rings. The molecule has 0 radical (unpaired) electrons. The molecule has 1 aromatic rings. The lowest BCUT2D eigenvalue weighted by molar-refractivity contribution is -0.143. The molecule has 0 aliphatic carbocycles. The van der Waals surface area contributed by atoms with Crippen LogP contribution in [-0.4, -0.2) is 35.9 Å². The van der Waals surface area contributed by atoms with E-state index in [-0.39, 0.29) is 53.9 Å². The Hall–Kier alpha value is -1.81. The first-order valence-electron chi connectivity index (χ1n) is 13.5. The molecule has 6 nitrogen and oxygen atoms in total. The van der Waals surface area contributed by atoms with Gasteiger partial charge in [-0.1, -0.05) is 92.7 Å². The Kier molecular flexibility index (Phi) is 12.7. The van der Waals surface area contributed by atoms with Gasteiger partial charge >= 0.3 is 5.97 Å². The second kappa shape index (κ2) is 14.2. The highest BCUT2D eigenvalue weighted by Crippen LogP contribution is 2.51. The minimum absolute atomic E-state index is 0.0143. The van der Waals surface area contributed by atoms with E-state index in [1.165, 1.54) is 19.3 Å². The normalized spacial score (nSPS) is 13.9. The van der Waals surface area contributed by atoms with Crippen LogP contribution in [0.15, 0.2) is 12.1 Å². The van der Waals surface area contributed by atoms with Crippen molar-refractivity contribution >= 4 is 19.0 Å². The molecule has 0 aliphatic heterocycles. The molecule has 7 heteroatoms. The van der Waals surface area contributed by atoms with Crippen molar-refractivity contribution in [1.29, 1.82) is 0 Å². The topological polar surface area (TPSA) is 107 Å². The van der Waals surface area contributed by atoms with Gasteiger partial charge in [0.2, 0.25) is 5.91 Å². The zero-order valence-electron chi connectivity index (χ0n) is 23.7. The second-order valence-corrected chi connectivity index (χ2v) is 15.5. The van der Waals surface area contributed by atoms with Gasteiger partial charge in [0, 0.05) is 24.9 Å². The van der Waals surface area contributed by atoms with Crippen molar-refractivity contribution in [2.45, 2.75) is 117 Å². The van der Waals surface area contributed by atoms with Gasteiger partial charge in [-0.05, 0) is 33.9 Å². The van der Waals surface area contributed by atoms with Gasteiger partial charge in [0.15, 0.2) is 0 Å². The molecule has 36 heavy (non-hydrogen) atoms. The van der Waals surface area contributed by atoms with Crippen LogP contribution in [0.2, 0.25) is 0 Å². The third kappa shape index (κ3) is 11.5. The molecule has 0 spiro atoms. The first-order valence-corrected chi connectivity index (χ1v) is 15.7. The average Bonchev–Trinajstić information content (AvgIpc) is 2.75. The smallest absolute Gasteiger partial charge is 0.306 e. The van der Waals surface area contributed by atoms with Crippen molar-refractivity contribution in [2.24, 2.45) is 5.73 Å². The number of hydrogen-bond acceptors (Lipinski definition) is 5. The van der Waals surface area contributed by atoms with Crippen LogP contribution in [-0.2, 0) is 35.9 Å². The summed E-state index contributed by atoms with van der Waals surface area (Å²) in [6.07, 6.45) is 7.31. The van der Waals surface area contributed by atoms with Crippen molar-refractivity contribution in [2.75, 3.05) is 18.9 Å². The summed E-state index contributed by atoms with van der Waals surface area (Å²) in [6.45, 7) is 14.8. The maximum absolute atomic E-state index is 14.0. The number of esters is 1. The van der Waals surface area contributed by atoms with Gasteiger partial charge in [-0.3, -0.25) is 9.59 Å². The van der Waals surface area contributed by atoms with Crippen LogP contribution in [0.25, 0.3) is 0 Å². The number of hydrogen-bond donors (Lipinski definition) is 2. The molecular formula is C29H50NO5P. The Balaban J connectivity index is 3.00. The van der Waals surface area contributed by atoms with Crippen LogP contribution in [0.1, 0.15) is 117 Å². The van der Waals surface area contributed by atoms with E-state index in [0.717, 1.165) is 36.0 Å². The Labute approximate surface area is 219 Å². The van der Waals surface area contributed by atoms with E-state index in [9.17, 15) is 19.3 Å². The third-order valence-electron chi connectivity index (χ3n) is 6.51. The number of phenolic OH excluding ortho intramolecular Hbond substituents is 1. The van der Waals surface area contributed by atoms with Gasteiger partial charge in [0.05, 0.1) is 20.2 Å². The lowest BCUT2D eigenvalue weighted by Crippen LogP contribution is -2.18. The number of aromatic hydroxyl groups is 1. The van der Waals surface area contributed by atoms with Crippen molar-refractivity contribution in [3.05, 3.63) is 28.8 Å². The maximum Gasteiger partial charge on any atom is 0.306 e. The molecule has 1 amide bonds. The highest BCUT2D eigenvalue weighted by atomic mass is 31.2. The molecule has 0 saturated carbocycles. The molecule has 0 bridgehead atoms. The van der Waals surface area contributed by atoms with Crippen LogP contribution in [0.3, 0.4) is 0 Å². The number of unbranched alkanes of at least 4 members (excludes halogenated alkanes) is 5. The minimum Gasteiger partial charge on any atom is -0.507 e. The fourth-order valence-electron chi connectivity index (χ4n) is 4.28. The van der Waals surface area contributed by atoms with E-state index < -0.39 is 13.0 Å². The van der Waals surface area contributed by atoms with Gasteiger partial charge < -0.3 is 20.1 Å². The molecule has 0 saturated heterocycles. The molecule has 1 atom stereocenters. The van der Waals surface area contributed by atoms with E-state index in [4.69, 9.17) is 10.5 Å². The van der Waals surface area contributed by atoms with E-state index in [1.54, 1.807) is 0 Å². The lowest BCUT2D eigenvalue weighted by Gasteiger charge is -2.29. The molecule has 0 aromatic heterocycles. The molecule has 3 N–H and O–H groups in total. The van der Waals surface area contributed by atoms with Gasteiger partial charge in [-0.15, -0.1) is 0 Å². The largest absolute Gasteiger partial charge is 0.507 e. The number of nitrogens with two attached hydrogens (primary N) is 1. The van der Waals surface area contributed by atoms with Crippen molar-refractivity contribution < 1.29 is 24.0 Å². The fraction of sp³-hybridized carbons (Fsp3) is 0.724. The predicted molar refractivity (Wildman–Crippen MR) is 149 cm³/mol. The maximum atomic E-state index is 14.0.